The molecule has 6 nitrogen and oxygen atoms in total. The number of carbonyl (C=O) groups is 1. The number of hydrogen-bond donors (Lipinski definition) is 1. The fraction of sp³-hybridized carbons (Fsp3) is 0.438. The molecular formula is C16H20BrN5O. The van der Waals surface area contributed by atoms with Gasteiger partial charge in [-0.15, -0.1) is 5.10 Å². The standard InChI is InChI=1S/C16H20BrN5O/c1-21(10-12-2-4-13(17)5-3-12)16(23)15-11-22(20-19-15)14-6-8-18-9-7-14/h2-5,11,14,18H,6-10H2,1H3. The van der Waals surface area contributed by atoms with Crippen molar-refractivity contribution in [2.75, 3.05) is 20.1 Å². The van der Waals surface area contributed by atoms with Gasteiger partial charge in [-0.2, -0.15) is 0 Å². The highest BCUT2D eigenvalue weighted by Gasteiger charge is 2.20. The topological polar surface area (TPSA) is 63.1 Å². The van der Waals surface area contributed by atoms with Crippen molar-refractivity contribution in [3.05, 3.63) is 46.2 Å². The normalized spacial score (nSPS) is 15.6. The van der Waals surface area contributed by atoms with E-state index in [1.165, 1.54) is 0 Å². The highest BCUT2D eigenvalue weighted by Crippen LogP contribution is 2.18. The number of piperidine rings is 1. The van der Waals surface area contributed by atoms with Gasteiger partial charge in [0.05, 0.1) is 12.2 Å². The Labute approximate surface area is 144 Å². The van der Waals surface area contributed by atoms with Gasteiger partial charge in [-0.1, -0.05) is 33.3 Å². The van der Waals surface area contributed by atoms with Crippen LogP contribution >= 0.6 is 15.9 Å². The van der Waals surface area contributed by atoms with E-state index in [0.717, 1.165) is 36.0 Å². The lowest BCUT2D eigenvalue weighted by molar-refractivity contribution is 0.0779. The maximum absolute atomic E-state index is 12.5. The molecule has 0 bridgehead atoms. The number of aromatic nitrogens is 3. The highest BCUT2D eigenvalue weighted by molar-refractivity contribution is 9.10. The Morgan fingerprint density at radius 2 is 2.04 bits per heavy atom. The van der Waals surface area contributed by atoms with Crippen LogP contribution < -0.4 is 5.32 Å². The number of carbonyl (C=O) groups excluding carboxylic acids is 1. The molecule has 1 fully saturated rings. The number of rotatable bonds is 4. The molecule has 1 aliphatic heterocycles. The van der Waals surface area contributed by atoms with Gasteiger partial charge in [-0.3, -0.25) is 4.79 Å². The van der Waals surface area contributed by atoms with Crippen LogP contribution in [0.5, 0.6) is 0 Å². The van der Waals surface area contributed by atoms with Crippen molar-refractivity contribution in [3.8, 4) is 0 Å². The van der Waals surface area contributed by atoms with E-state index in [1.807, 2.05) is 28.9 Å². The summed E-state index contributed by atoms with van der Waals surface area (Å²) in [7, 11) is 1.79. The molecular weight excluding hydrogens is 358 g/mol. The zero-order valence-electron chi connectivity index (χ0n) is 13.1. The van der Waals surface area contributed by atoms with Gasteiger partial charge in [-0.25, -0.2) is 4.68 Å². The largest absolute Gasteiger partial charge is 0.336 e. The number of amides is 1. The Bertz CT molecular complexity index is 663. The first-order valence-electron chi connectivity index (χ1n) is 7.76. The fourth-order valence-electron chi connectivity index (χ4n) is 2.76. The second kappa shape index (κ2) is 7.23. The molecule has 1 aromatic heterocycles. The van der Waals surface area contributed by atoms with Crippen molar-refractivity contribution < 1.29 is 4.79 Å². The third-order valence-electron chi connectivity index (χ3n) is 4.09. The molecule has 0 spiro atoms. The van der Waals surface area contributed by atoms with Gasteiger partial charge >= 0.3 is 0 Å². The third-order valence-corrected chi connectivity index (χ3v) is 4.62. The van der Waals surface area contributed by atoms with E-state index >= 15 is 0 Å². The van der Waals surface area contributed by atoms with Gasteiger partial charge in [0.15, 0.2) is 5.69 Å². The van der Waals surface area contributed by atoms with E-state index in [9.17, 15) is 4.79 Å². The zero-order valence-corrected chi connectivity index (χ0v) is 14.7. The first-order valence-corrected chi connectivity index (χ1v) is 8.55. The Balaban J connectivity index is 1.65. The van der Waals surface area contributed by atoms with Gasteiger partial charge in [0, 0.05) is 18.1 Å². The predicted octanol–water partition coefficient (Wildman–Crippen LogP) is 2.24. The quantitative estimate of drug-likeness (QED) is 0.887. The lowest BCUT2D eigenvalue weighted by Crippen LogP contribution is -2.29. The van der Waals surface area contributed by atoms with Gasteiger partial charge in [0.25, 0.3) is 5.91 Å². The van der Waals surface area contributed by atoms with Crippen molar-refractivity contribution in [2.24, 2.45) is 0 Å². The summed E-state index contributed by atoms with van der Waals surface area (Å²) in [5, 5.41) is 11.5. The van der Waals surface area contributed by atoms with Crippen LogP contribution in [-0.2, 0) is 6.54 Å². The smallest absolute Gasteiger partial charge is 0.276 e. The number of nitrogens with zero attached hydrogens (tertiary/aromatic N) is 4. The number of nitrogens with one attached hydrogen (secondary N) is 1. The molecule has 0 saturated carbocycles. The molecule has 2 heterocycles. The molecule has 0 aliphatic carbocycles. The fourth-order valence-corrected chi connectivity index (χ4v) is 3.02. The third kappa shape index (κ3) is 3.97. The van der Waals surface area contributed by atoms with Crippen molar-refractivity contribution >= 4 is 21.8 Å². The summed E-state index contributed by atoms with van der Waals surface area (Å²) in [5.41, 5.74) is 1.48. The van der Waals surface area contributed by atoms with E-state index < -0.39 is 0 Å². The molecule has 1 aromatic carbocycles. The molecule has 1 aliphatic rings. The Hall–Kier alpha value is -1.73. The van der Waals surface area contributed by atoms with Crippen LogP contribution in [0.25, 0.3) is 0 Å². The second-order valence-electron chi connectivity index (χ2n) is 5.85. The lowest BCUT2D eigenvalue weighted by Gasteiger charge is -2.22. The van der Waals surface area contributed by atoms with Crippen molar-refractivity contribution in [3.63, 3.8) is 0 Å². The Morgan fingerprint density at radius 3 is 2.74 bits per heavy atom. The maximum Gasteiger partial charge on any atom is 0.276 e. The van der Waals surface area contributed by atoms with Crippen LogP contribution in [0.3, 0.4) is 0 Å². The molecule has 2 aromatic rings. The minimum Gasteiger partial charge on any atom is -0.336 e. The van der Waals surface area contributed by atoms with E-state index in [2.05, 4.69) is 31.6 Å². The van der Waals surface area contributed by atoms with Gasteiger partial charge in [0.2, 0.25) is 0 Å². The summed E-state index contributed by atoms with van der Waals surface area (Å²) in [6, 6.07) is 8.28. The second-order valence-corrected chi connectivity index (χ2v) is 6.77. The SMILES string of the molecule is CN(Cc1ccc(Br)cc1)C(=O)c1cn(C2CCNCC2)nn1. The van der Waals surface area contributed by atoms with Crippen molar-refractivity contribution in [2.45, 2.75) is 25.4 Å². The summed E-state index contributed by atoms with van der Waals surface area (Å²) >= 11 is 3.41. The molecule has 0 unspecified atom stereocenters. The first-order chi connectivity index (χ1) is 11.1. The average molecular weight is 378 g/mol. The minimum atomic E-state index is -0.104. The molecule has 1 N–H and O–H groups in total. The van der Waals surface area contributed by atoms with Crippen molar-refractivity contribution in [1.29, 1.82) is 0 Å². The van der Waals surface area contributed by atoms with Crippen LogP contribution in [0.15, 0.2) is 34.9 Å². The maximum atomic E-state index is 12.5. The average Bonchev–Trinajstić information content (AvgIpc) is 3.07. The Morgan fingerprint density at radius 1 is 1.35 bits per heavy atom. The summed E-state index contributed by atoms with van der Waals surface area (Å²) in [6.07, 6.45) is 3.81. The molecule has 1 amide bonds. The van der Waals surface area contributed by atoms with E-state index in [4.69, 9.17) is 0 Å². The molecule has 7 heteroatoms. The molecule has 3 rings (SSSR count). The molecule has 0 atom stereocenters. The van der Waals surface area contributed by atoms with Crippen LogP contribution in [0.1, 0.15) is 34.9 Å². The first kappa shape index (κ1) is 16.1. The monoisotopic (exact) mass is 377 g/mol. The summed E-state index contributed by atoms with van der Waals surface area (Å²) in [5.74, 6) is -0.104. The van der Waals surface area contributed by atoms with Gasteiger partial charge < -0.3 is 10.2 Å². The molecule has 122 valence electrons. The van der Waals surface area contributed by atoms with Crippen LogP contribution in [0.4, 0.5) is 0 Å². The number of hydrogen-bond acceptors (Lipinski definition) is 4. The zero-order chi connectivity index (χ0) is 16.2. The molecule has 0 radical (unpaired) electrons. The van der Waals surface area contributed by atoms with Crippen LogP contribution in [-0.4, -0.2) is 45.9 Å². The van der Waals surface area contributed by atoms with Crippen molar-refractivity contribution in [1.82, 2.24) is 25.2 Å². The molecule has 23 heavy (non-hydrogen) atoms. The van der Waals surface area contributed by atoms with Gasteiger partial charge in [-0.05, 0) is 43.6 Å². The lowest BCUT2D eigenvalue weighted by atomic mass is 10.1. The summed E-state index contributed by atoms with van der Waals surface area (Å²) in [6.45, 7) is 2.51. The van der Waals surface area contributed by atoms with Crippen LogP contribution in [0.2, 0.25) is 0 Å². The van der Waals surface area contributed by atoms with E-state index in [-0.39, 0.29) is 5.91 Å². The summed E-state index contributed by atoms with van der Waals surface area (Å²) < 4.78 is 2.86. The Kier molecular flexibility index (Phi) is 5.07. The predicted molar refractivity (Wildman–Crippen MR) is 91.1 cm³/mol. The van der Waals surface area contributed by atoms with E-state index in [1.54, 1.807) is 18.1 Å². The highest BCUT2D eigenvalue weighted by atomic mass is 79.9. The minimum absolute atomic E-state index is 0.104. The van der Waals surface area contributed by atoms with Crippen LogP contribution in [0, 0.1) is 0 Å². The molecule has 1 saturated heterocycles. The number of benzene rings is 1. The number of halogens is 1. The van der Waals surface area contributed by atoms with E-state index in [0.29, 0.717) is 18.3 Å². The summed E-state index contributed by atoms with van der Waals surface area (Å²) in [4.78, 5) is 14.2. The van der Waals surface area contributed by atoms with Gasteiger partial charge in [0.1, 0.15) is 0 Å².